The average Bonchev–Trinajstić information content (AvgIpc) is 3.65. The summed E-state index contributed by atoms with van der Waals surface area (Å²) < 4.78 is 29.1. The third-order valence-corrected chi connectivity index (χ3v) is 8.88. The molecule has 3 heterocycles. The van der Waals surface area contributed by atoms with Gasteiger partial charge in [-0.1, -0.05) is 0 Å². The first kappa shape index (κ1) is 24.0. The van der Waals surface area contributed by atoms with Gasteiger partial charge < -0.3 is 15.4 Å². The summed E-state index contributed by atoms with van der Waals surface area (Å²) in [5.41, 5.74) is 0.880. The third-order valence-electron chi connectivity index (χ3n) is 6.97. The lowest BCUT2D eigenvalue weighted by molar-refractivity contribution is -0.142. The van der Waals surface area contributed by atoms with Gasteiger partial charge in [-0.3, -0.25) is 14.3 Å². The molecule has 1 saturated heterocycles. The fourth-order valence-corrected chi connectivity index (χ4v) is 6.28. The Morgan fingerprint density at radius 1 is 1.19 bits per heavy atom. The Balaban J connectivity index is 1.40. The Kier molecular flexibility index (Phi) is 6.27. The summed E-state index contributed by atoms with van der Waals surface area (Å²) in [4.78, 5) is 26.6. The first-order valence-electron chi connectivity index (χ1n) is 11.9. The highest BCUT2D eigenvalue weighted by Gasteiger charge is 2.35. The number of piperidine rings is 1. The topological polar surface area (TPSA) is 161 Å². The van der Waals surface area contributed by atoms with Crippen molar-refractivity contribution in [1.82, 2.24) is 19.1 Å². The van der Waals surface area contributed by atoms with Gasteiger partial charge >= 0.3 is 5.97 Å². The normalized spacial score (nSPS) is 18.1. The maximum atomic E-state index is 13.0. The molecule has 0 spiro atoms. The van der Waals surface area contributed by atoms with Gasteiger partial charge in [-0.05, 0) is 61.9 Å². The zero-order chi connectivity index (χ0) is 25.4. The number of carbonyl (C=O) groups is 1. The summed E-state index contributed by atoms with van der Waals surface area (Å²) in [7, 11) is -3.75. The molecule has 1 aliphatic heterocycles. The van der Waals surface area contributed by atoms with Crippen molar-refractivity contribution in [1.29, 1.82) is 5.26 Å². The van der Waals surface area contributed by atoms with Gasteiger partial charge in [0.1, 0.15) is 5.39 Å². The number of nitrogens with one attached hydrogen (secondary N) is 2. The number of fused-ring (bicyclic) bond motifs is 1. The van der Waals surface area contributed by atoms with E-state index in [1.165, 1.54) is 16.4 Å². The second-order valence-corrected chi connectivity index (χ2v) is 11.2. The van der Waals surface area contributed by atoms with Gasteiger partial charge in [0, 0.05) is 25.0 Å². The van der Waals surface area contributed by atoms with Crippen LogP contribution in [0, 0.1) is 23.2 Å². The zero-order valence-corrected chi connectivity index (χ0v) is 20.2. The van der Waals surface area contributed by atoms with E-state index < -0.39 is 21.9 Å². The van der Waals surface area contributed by atoms with E-state index in [9.17, 15) is 23.3 Å². The summed E-state index contributed by atoms with van der Waals surface area (Å²) in [6.45, 7) is 0.326. The van der Waals surface area contributed by atoms with Crippen molar-refractivity contribution in [2.24, 2.45) is 11.8 Å². The van der Waals surface area contributed by atoms with Crippen LogP contribution in [0.15, 0.2) is 46.2 Å². The number of hydrogen-bond acceptors (Lipinski definition) is 7. The second-order valence-electron chi connectivity index (χ2n) is 9.29. The van der Waals surface area contributed by atoms with E-state index in [4.69, 9.17) is 5.11 Å². The highest BCUT2D eigenvalue weighted by molar-refractivity contribution is 7.89. The third kappa shape index (κ3) is 4.47. The second kappa shape index (κ2) is 9.40. The van der Waals surface area contributed by atoms with Gasteiger partial charge in [-0.2, -0.15) is 14.7 Å². The van der Waals surface area contributed by atoms with Crippen molar-refractivity contribution in [3.63, 3.8) is 0 Å². The molecular weight excluding hydrogens is 484 g/mol. The SMILES string of the molecule is N#CC[C@@H](C1CC1)n1nc(Nc2ccc(S(=O)(=O)N3CCC(C(=O)O)CC3)cc2)c2c(=O)[nH]ccc21. The van der Waals surface area contributed by atoms with Crippen molar-refractivity contribution < 1.29 is 18.3 Å². The number of carboxylic acid groups (broad SMARTS) is 1. The molecule has 1 aromatic carbocycles. The first-order chi connectivity index (χ1) is 17.3. The van der Waals surface area contributed by atoms with Crippen LogP contribution in [-0.4, -0.2) is 51.7 Å². The summed E-state index contributed by atoms with van der Waals surface area (Å²) in [5, 5.41) is 26.6. The number of rotatable bonds is 8. The number of H-pyrrole nitrogens is 1. The monoisotopic (exact) mass is 510 g/mol. The van der Waals surface area contributed by atoms with Crippen LogP contribution in [-0.2, 0) is 14.8 Å². The van der Waals surface area contributed by atoms with Gasteiger partial charge in [0.15, 0.2) is 5.82 Å². The number of benzene rings is 1. The van der Waals surface area contributed by atoms with Gasteiger partial charge in [0.2, 0.25) is 10.0 Å². The van der Waals surface area contributed by atoms with Crippen LogP contribution in [0.25, 0.3) is 10.9 Å². The Bertz CT molecular complexity index is 1490. The predicted octanol–water partition coefficient (Wildman–Crippen LogP) is 2.82. The smallest absolute Gasteiger partial charge is 0.306 e. The summed E-state index contributed by atoms with van der Waals surface area (Å²) in [5.74, 6) is -0.729. The molecule has 0 bridgehead atoms. The van der Waals surface area contributed by atoms with Crippen LogP contribution in [0.4, 0.5) is 11.5 Å². The highest BCUT2D eigenvalue weighted by atomic mass is 32.2. The van der Waals surface area contributed by atoms with Gasteiger partial charge in [-0.25, -0.2) is 8.42 Å². The van der Waals surface area contributed by atoms with E-state index in [2.05, 4.69) is 21.5 Å². The molecule has 36 heavy (non-hydrogen) atoms. The summed E-state index contributed by atoms with van der Waals surface area (Å²) in [6.07, 6.45) is 4.46. The largest absolute Gasteiger partial charge is 0.481 e. The molecule has 1 saturated carbocycles. The molecular formula is C24H26N6O5S. The lowest BCUT2D eigenvalue weighted by atomic mass is 9.99. The van der Waals surface area contributed by atoms with Crippen LogP contribution < -0.4 is 10.9 Å². The van der Waals surface area contributed by atoms with Crippen LogP contribution in [0.2, 0.25) is 0 Å². The van der Waals surface area contributed by atoms with Crippen molar-refractivity contribution >= 4 is 38.4 Å². The number of nitrogens with zero attached hydrogens (tertiary/aromatic N) is 4. The van der Waals surface area contributed by atoms with E-state index in [1.54, 1.807) is 29.1 Å². The van der Waals surface area contributed by atoms with Gasteiger partial charge in [0.05, 0.1) is 34.9 Å². The molecule has 188 valence electrons. The lowest BCUT2D eigenvalue weighted by Gasteiger charge is -2.29. The van der Waals surface area contributed by atoms with Crippen LogP contribution in [0.1, 0.15) is 38.1 Å². The van der Waals surface area contributed by atoms with Crippen molar-refractivity contribution in [2.75, 3.05) is 18.4 Å². The Hall–Kier alpha value is -3.69. The number of aromatic amines is 1. The van der Waals surface area contributed by atoms with E-state index in [-0.39, 0.29) is 42.4 Å². The summed E-state index contributed by atoms with van der Waals surface area (Å²) >= 11 is 0. The number of nitriles is 1. The zero-order valence-electron chi connectivity index (χ0n) is 19.4. The Morgan fingerprint density at radius 3 is 2.50 bits per heavy atom. The minimum atomic E-state index is -3.75. The molecule has 0 unspecified atom stereocenters. The highest BCUT2D eigenvalue weighted by Crippen LogP contribution is 2.43. The molecule has 3 aromatic rings. The van der Waals surface area contributed by atoms with E-state index in [0.29, 0.717) is 34.7 Å². The minimum absolute atomic E-state index is 0.109. The van der Waals surface area contributed by atoms with Crippen LogP contribution >= 0.6 is 0 Å². The molecule has 2 aromatic heterocycles. The standard InChI is InChI=1S/C24H26N6O5S/c25-11-7-19(15-1-2-15)30-20-8-12-26-23(31)21(20)22(28-30)27-17-3-5-18(6-4-17)36(34,35)29-13-9-16(10-14-29)24(32)33/h3-6,8,12,15-16,19H,1-2,7,9-10,13-14H2,(H,26,31)(H,27,28)(H,32,33)/t19-/m0/s1. The Labute approximate surface area is 207 Å². The molecule has 0 radical (unpaired) electrons. The average molecular weight is 511 g/mol. The first-order valence-corrected chi connectivity index (χ1v) is 13.3. The lowest BCUT2D eigenvalue weighted by Crippen LogP contribution is -2.40. The fourth-order valence-electron chi connectivity index (χ4n) is 4.81. The number of hydrogen-bond donors (Lipinski definition) is 3. The molecule has 3 N–H and O–H groups in total. The number of sulfonamides is 1. The number of aromatic nitrogens is 3. The van der Waals surface area contributed by atoms with E-state index in [0.717, 1.165) is 12.8 Å². The molecule has 5 rings (SSSR count). The molecule has 2 aliphatic rings. The molecule has 2 fully saturated rings. The maximum Gasteiger partial charge on any atom is 0.306 e. The molecule has 1 aliphatic carbocycles. The van der Waals surface area contributed by atoms with Crippen LogP contribution in [0.3, 0.4) is 0 Å². The van der Waals surface area contributed by atoms with Crippen molar-refractivity contribution in [3.05, 3.63) is 46.9 Å². The minimum Gasteiger partial charge on any atom is -0.481 e. The molecule has 0 amide bonds. The fraction of sp³-hybridized carbons (Fsp3) is 0.417. The Morgan fingerprint density at radius 2 is 1.89 bits per heavy atom. The van der Waals surface area contributed by atoms with Crippen molar-refractivity contribution in [2.45, 2.75) is 43.0 Å². The number of carboxylic acids is 1. The van der Waals surface area contributed by atoms with Crippen LogP contribution in [0.5, 0.6) is 0 Å². The van der Waals surface area contributed by atoms with Gasteiger partial charge in [-0.15, -0.1) is 0 Å². The quantitative estimate of drug-likeness (QED) is 0.417. The molecule has 12 heteroatoms. The predicted molar refractivity (Wildman–Crippen MR) is 131 cm³/mol. The van der Waals surface area contributed by atoms with E-state index in [1.807, 2.05) is 0 Å². The summed E-state index contributed by atoms with van der Waals surface area (Å²) in [6, 6.07) is 10.0. The maximum absolute atomic E-state index is 13.0. The number of anilines is 2. The van der Waals surface area contributed by atoms with Crippen molar-refractivity contribution in [3.8, 4) is 6.07 Å². The number of aliphatic carboxylic acids is 1. The van der Waals surface area contributed by atoms with E-state index >= 15 is 0 Å². The number of pyridine rings is 1. The molecule has 1 atom stereocenters. The van der Waals surface area contributed by atoms with Gasteiger partial charge in [0.25, 0.3) is 5.56 Å². The molecule has 11 nitrogen and oxygen atoms in total.